The molecule has 2 heterocycles. The average Bonchev–Trinajstić information content (AvgIpc) is 2.86. The van der Waals surface area contributed by atoms with Crippen molar-refractivity contribution in [3.8, 4) is 0 Å². The molecule has 0 aliphatic carbocycles. The van der Waals surface area contributed by atoms with Crippen LogP contribution in [0.1, 0.15) is 44.5 Å². The van der Waals surface area contributed by atoms with Gasteiger partial charge in [0.1, 0.15) is 11.6 Å². The molecule has 0 radical (unpaired) electrons. The summed E-state index contributed by atoms with van der Waals surface area (Å²) in [5.41, 5.74) is 1.20. The maximum absolute atomic E-state index is 4.43. The number of nitrogens with zero attached hydrogens (tertiary/aromatic N) is 3. The van der Waals surface area contributed by atoms with E-state index in [9.17, 15) is 0 Å². The standard InChI is InChI=1S/C15H22N4/c1-4-7-16-14-6-5-13(10-18-14)11-19-9-8-17-15(19)12(2)3/h5-6,8-10,12H,4,7,11H2,1-3H3,(H,16,18). The van der Waals surface area contributed by atoms with Crippen LogP contribution < -0.4 is 5.32 Å². The third kappa shape index (κ3) is 3.56. The van der Waals surface area contributed by atoms with Crippen molar-refractivity contribution >= 4 is 5.82 Å². The van der Waals surface area contributed by atoms with E-state index in [0.29, 0.717) is 5.92 Å². The molecule has 19 heavy (non-hydrogen) atoms. The van der Waals surface area contributed by atoms with Gasteiger partial charge in [-0.2, -0.15) is 0 Å². The van der Waals surface area contributed by atoms with Gasteiger partial charge in [-0.25, -0.2) is 9.97 Å². The fourth-order valence-electron chi connectivity index (χ4n) is 2.03. The number of nitrogens with one attached hydrogen (secondary N) is 1. The molecule has 0 bridgehead atoms. The Morgan fingerprint density at radius 2 is 2.11 bits per heavy atom. The Labute approximate surface area is 114 Å². The first-order chi connectivity index (χ1) is 9.20. The molecule has 2 aromatic heterocycles. The topological polar surface area (TPSA) is 42.7 Å². The first-order valence-corrected chi connectivity index (χ1v) is 6.90. The van der Waals surface area contributed by atoms with Crippen LogP contribution in [-0.4, -0.2) is 21.1 Å². The third-order valence-electron chi connectivity index (χ3n) is 3.00. The van der Waals surface area contributed by atoms with E-state index in [0.717, 1.165) is 31.2 Å². The lowest BCUT2D eigenvalue weighted by Crippen LogP contribution is -2.07. The molecule has 0 aromatic carbocycles. The number of pyridine rings is 1. The zero-order chi connectivity index (χ0) is 13.7. The van der Waals surface area contributed by atoms with Crippen LogP contribution >= 0.6 is 0 Å². The average molecular weight is 258 g/mol. The van der Waals surface area contributed by atoms with Crippen molar-refractivity contribution in [2.75, 3.05) is 11.9 Å². The Morgan fingerprint density at radius 1 is 1.26 bits per heavy atom. The van der Waals surface area contributed by atoms with Crippen LogP contribution in [0.5, 0.6) is 0 Å². The van der Waals surface area contributed by atoms with E-state index in [4.69, 9.17) is 0 Å². The highest BCUT2D eigenvalue weighted by molar-refractivity contribution is 5.35. The van der Waals surface area contributed by atoms with Gasteiger partial charge < -0.3 is 9.88 Å². The van der Waals surface area contributed by atoms with Gasteiger partial charge in [0.2, 0.25) is 0 Å². The van der Waals surface area contributed by atoms with Gasteiger partial charge in [-0.3, -0.25) is 0 Å². The van der Waals surface area contributed by atoms with Gasteiger partial charge in [0.25, 0.3) is 0 Å². The van der Waals surface area contributed by atoms with Crippen molar-refractivity contribution in [1.29, 1.82) is 0 Å². The molecule has 0 saturated carbocycles. The van der Waals surface area contributed by atoms with Crippen LogP contribution in [0.2, 0.25) is 0 Å². The summed E-state index contributed by atoms with van der Waals surface area (Å²) in [7, 11) is 0. The van der Waals surface area contributed by atoms with E-state index in [-0.39, 0.29) is 0 Å². The third-order valence-corrected chi connectivity index (χ3v) is 3.00. The molecule has 0 saturated heterocycles. The molecule has 0 atom stereocenters. The van der Waals surface area contributed by atoms with Gasteiger partial charge in [0.05, 0.1) is 6.54 Å². The summed E-state index contributed by atoms with van der Waals surface area (Å²) in [6.45, 7) is 8.26. The summed E-state index contributed by atoms with van der Waals surface area (Å²) < 4.78 is 2.18. The summed E-state index contributed by atoms with van der Waals surface area (Å²) in [5.74, 6) is 2.50. The molecular formula is C15H22N4. The SMILES string of the molecule is CCCNc1ccc(Cn2ccnc2C(C)C)cn1. The molecule has 2 aromatic rings. The second kappa shape index (κ2) is 6.36. The van der Waals surface area contributed by atoms with Crippen molar-refractivity contribution in [3.63, 3.8) is 0 Å². The highest BCUT2D eigenvalue weighted by atomic mass is 15.1. The minimum atomic E-state index is 0.438. The van der Waals surface area contributed by atoms with E-state index in [1.807, 2.05) is 24.7 Å². The Balaban J connectivity index is 2.04. The monoisotopic (exact) mass is 258 g/mol. The van der Waals surface area contributed by atoms with Crippen molar-refractivity contribution in [2.45, 2.75) is 39.7 Å². The van der Waals surface area contributed by atoms with Crippen LogP contribution in [0.3, 0.4) is 0 Å². The lowest BCUT2D eigenvalue weighted by atomic mass is 10.2. The first-order valence-electron chi connectivity index (χ1n) is 6.90. The van der Waals surface area contributed by atoms with Gasteiger partial charge in [0, 0.05) is 31.1 Å². The minimum absolute atomic E-state index is 0.438. The predicted octanol–water partition coefficient (Wildman–Crippen LogP) is 3.27. The zero-order valence-corrected chi connectivity index (χ0v) is 11.9. The van der Waals surface area contributed by atoms with Gasteiger partial charge in [0.15, 0.2) is 0 Å². The molecule has 0 aliphatic rings. The summed E-state index contributed by atoms with van der Waals surface area (Å²) in [6, 6.07) is 4.16. The fourth-order valence-corrected chi connectivity index (χ4v) is 2.03. The number of anilines is 1. The number of imidazole rings is 1. The highest BCUT2D eigenvalue weighted by Crippen LogP contribution is 2.14. The van der Waals surface area contributed by atoms with Crippen LogP contribution in [0, 0.1) is 0 Å². The van der Waals surface area contributed by atoms with E-state index in [1.165, 1.54) is 5.56 Å². The van der Waals surface area contributed by atoms with Crippen molar-refractivity contribution in [3.05, 3.63) is 42.1 Å². The molecule has 1 N–H and O–H groups in total. The normalized spacial score (nSPS) is 10.9. The first kappa shape index (κ1) is 13.6. The van der Waals surface area contributed by atoms with E-state index >= 15 is 0 Å². The smallest absolute Gasteiger partial charge is 0.125 e. The summed E-state index contributed by atoms with van der Waals surface area (Å²) in [4.78, 5) is 8.83. The quantitative estimate of drug-likeness (QED) is 0.864. The van der Waals surface area contributed by atoms with Gasteiger partial charge in [-0.05, 0) is 18.1 Å². The Hall–Kier alpha value is -1.84. The van der Waals surface area contributed by atoms with E-state index in [2.05, 4.69) is 46.7 Å². The van der Waals surface area contributed by atoms with Crippen LogP contribution in [0.25, 0.3) is 0 Å². The predicted molar refractivity (Wildman–Crippen MR) is 78.4 cm³/mol. The van der Waals surface area contributed by atoms with Crippen LogP contribution in [-0.2, 0) is 6.54 Å². The number of aromatic nitrogens is 3. The maximum atomic E-state index is 4.43. The van der Waals surface area contributed by atoms with Crippen molar-refractivity contribution < 1.29 is 0 Å². The zero-order valence-electron chi connectivity index (χ0n) is 11.9. The maximum Gasteiger partial charge on any atom is 0.125 e. The van der Waals surface area contributed by atoms with Gasteiger partial charge in [-0.15, -0.1) is 0 Å². The van der Waals surface area contributed by atoms with Crippen LogP contribution in [0.4, 0.5) is 5.82 Å². The Kier molecular flexibility index (Phi) is 4.55. The fraction of sp³-hybridized carbons (Fsp3) is 0.467. The number of hydrogen-bond donors (Lipinski definition) is 1. The Bertz CT molecular complexity index is 499. The van der Waals surface area contributed by atoms with Crippen molar-refractivity contribution in [2.24, 2.45) is 0 Å². The largest absolute Gasteiger partial charge is 0.370 e. The molecule has 0 unspecified atom stereocenters. The second-order valence-electron chi connectivity index (χ2n) is 5.05. The molecule has 0 amide bonds. The molecule has 102 valence electrons. The molecule has 4 heteroatoms. The number of hydrogen-bond acceptors (Lipinski definition) is 3. The molecular weight excluding hydrogens is 236 g/mol. The second-order valence-corrected chi connectivity index (χ2v) is 5.05. The Morgan fingerprint density at radius 3 is 2.74 bits per heavy atom. The molecule has 0 fully saturated rings. The van der Waals surface area contributed by atoms with Crippen molar-refractivity contribution in [1.82, 2.24) is 14.5 Å². The highest BCUT2D eigenvalue weighted by Gasteiger charge is 2.07. The summed E-state index contributed by atoms with van der Waals surface area (Å²) in [5, 5.41) is 3.28. The minimum Gasteiger partial charge on any atom is -0.370 e. The molecule has 0 aliphatic heterocycles. The lowest BCUT2D eigenvalue weighted by Gasteiger charge is -2.10. The molecule has 2 rings (SSSR count). The van der Waals surface area contributed by atoms with Gasteiger partial charge >= 0.3 is 0 Å². The molecule has 0 spiro atoms. The molecule has 4 nitrogen and oxygen atoms in total. The lowest BCUT2D eigenvalue weighted by molar-refractivity contribution is 0.668. The van der Waals surface area contributed by atoms with Gasteiger partial charge in [-0.1, -0.05) is 26.8 Å². The summed E-state index contributed by atoms with van der Waals surface area (Å²) in [6.07, 6.45) is 6.93. The van der Waals surface area contributed by atoms with Crippen LogP contribution in [0.15, 0.2) is 30.7 Å². The summed E-state index contributed by atoms with van der Waals surface area (Å²) >= 11 is 0. The van der Waals surface area contributed by atoms with E-state index in [1.54, 1.807) is 0 Å². The number of rotatable bonds is 6. The van der Waals surface area contributed by atoms with E-state index < -0.39 is 0 Å².